The van der Waals surface area contributed by atoms with Crippen LogP contribution in [-0.2, 0) is 11.3 Å². The molecular weight excluding hydrogens is 422 g/mol. The molecule has 5 heteroatoms. The maximum Gasteiger partial charge on any atom is 0.516 e. The van der Waals surface area contributed by atoms with Gasteiger partial charge in [0.2, 0.25) is 0 Å². The highest BCUT2D eigenvalue weighted by atomic mass is 16.6. The summed E-state index contributed by atoms with van der Waals surface area (Å²) < 4.78 is 6.53. The molecule has 2 fully saturated rings. The molecule has 1 amide bonds. The van der Waals surface area contributed by atoms with Gasteiger partial charge in [0.25, 0.3) is 0 Å². The second kappa shape index (κ2) is 10.1. The second-order valence-electron chi connectivity index (χ2n) is 11.3. The number of hydrogen-bond acceptors (Lipinski definition) is 4. The van der Waals surface area contributed by atoms with Crippen molar-refractivity contribution < 1.29 is 14.0 Å². The van der Waals surface area contributed by atoms with Crippen LogP contribution in [0.15, 0.2) is 60.7 Å². The van der Waals surface area contributed by atoms with E-state index >= 15 is 0 Å². The van der Waals surface area contributed by atoms with Crippen LogP contribution in [0.3, 0.4) is 0 Å². The summed E-state index contributed by atoms with van der Waals surface area (Å²) in [6, 6.07) is 21.8. The Labute approximate surface area is 205 Å². The Morgan fingerprint density at radius 1 is 1.00 bits per heavy atom. The molecule has 0 unspecified atom stereocenters. The Morgan fingerprint density at radius 3 is 2.12 bits per heavy atom. The number of nitrogens with one attached hydrogen (secondary N) is 1. The predicted octanol–water partition coefficient (Wildman–Crippen LogP) is 5.75. The van der Waals surface area contributed by atoms with Crippen molar-refractivity contribution >= 4 is 11.8 Å². The summed E-state index contributed by atoms with van der Waals surface area (Å²) in [5.74, 6) is 0. The number of benzene rings is 2. The minimum Gasteiger partial charge on any atom is -0.414 e. The molecule has 2 saturated heterocycles. The molecule has 2 heterocycles. The number of rotatable bonds is 5. The van der Waals surface area contributed by atoms with E-state index in [-0.39, 0.29) is 11.6 Å². The Morgan fingerprint density at radius 2 is 1.56 bits per heavy atom. The molecular formula is C29H42N3O2+. The first-order valence-electron chi connectivity index (χ1n) is 12.9. The lowest BCUT2D eigenvalue weighted by Gasteiger charge is -2.54. The quantitative estimate of drug-likeness (QED) is 0.572. The standard InChI is InChI=1S/C29H42N3O2/c1-28(2,3)34-27(33)32(29(4)17-19-30-20-18-29)21-15-26(16-22-32)31(25-13-9-6-10-14-25)23-24-11-7-5-8-12-24/h5-14,26,30H,15-23H2,1-4H3/q+1. The van der Waals surface area contributed by atoms with Crippen LogP contribution in [0.25, 0.3) is 0 Å². The third-order valence-corrected chi connectivity index (χ3v) is 7.87. The first kappa shape index (κ1) is 24.7. The molecule has 1 N–H and O–H groups in total. The largest absolute Gasteiger partial charge is 0.516 e. The zero-order chi connectivity index (χ0) is 24.2. The van der Waals surface area contributed by atoms with Crippen molar-refractivity contribution in [2.24, 2.45) is 0 Å². The summed E-state index contributed by atoms with van der Waals surface area (Å²) in [6.45, 7) is 12.7. The normalized spacial score (nSPS) is 24.9. The fourth-order valence-electron chi connectivity index (χ4n) is 5.82. The van der Waals surface area contributed by atoms with Crippen molar-refractivity contribution in [3.8, 4) is 0 Å². The van der Waals surface area contributed by atoms with E-state index in [4.69, 9.17) is 4.74 Å². The zero-order valence-corrected chi connectivity index (χ0v) is 21.4. The van der Waals surface area contributed by atoms with Crippen molar-refractivity contribution in [2.45, 2.75) is 77.1 Å². The number of hydrogen-bond donors (Lipinski definition) is 1. The number of quaternary nitrogens is 1. The average Bonchev–Trinajstić information content (AvgIpc) is 2.83. The van der Waals surface area contributed by atoms with Gasteiger partial charge in [-0.3, -0.25) is 0 Å². The van der Waals surface area contributed by atoms with Crippen molar-refractivity contribution in [3.63, 3.8) is 0 Å². The molecule has 0 spiro atoms. The van der Waals surface area contributed by atoms with Crippen LogP contribution in [0.4, 0.5) is 10.5 Å². The molecule has 34 heavy (non-hydrogen) atoms. The molecule has 2 aliphatic heterocycles. The van der Waals surface area contributed by atoms with E-state index in [1.54, 1.807) is 0 Å². The van der Waals surface area contributed by atoms with E-state index < -0.39 is 5.60 Å². The van der Waals surface area contributed by atoms with Crippen LogP contribution >= 0.6 is 0 Å². The van der Waals surface area contributed by atoms with E-state index in [2.05, 4.69) is 77.8 Å². The predicted molar refractivity (Wildman–Crippen MR) is 139 cm³/mol. The van der Waals surface area contributed by atoms with Gasteiger partial charge >= 0.3 is 6.09 Å². The molecule has 2 aromatic rings. The molecule has 0 aliphatic carbocycles. The molecule has 0 bridgehead atoms. The third-order valence-electron chi connectivity index (χ3n) is 7.87. The Kier molecular flexibility index (Phi) is 7.34. The van der Waals surface area contributed by atoms with E-state index in [9.17, 15) is 4.79 Å². The minimum absolute atomic E-state index is 0.0373. The van der Waals surface area contributed by atoms with Crippen molar-refractivity contribution in [1.29, 1.82) is 0 Å². The fraction of sp³-hybridized carbons (Fsp3) is 0.552. The molecule has 184 valence electrons. The van der Waals surface area contributed by atoms with E-state index in [0.717, 1.165) is 58.4 Å². The number of carbonyl (C=O) groups excluding carboxylic acids is 1. The summed E-state index contributed by atoms with van der Waals surface area (Å²) in [5.41, 5.74) is 2.00. The molecule has 0 radical (unpaired) electrons. The Hall–Kier alpha value is -2.37. The van der Waals surface area contributed by atoms with Gasteiger partial charge in [-0.1, -0.05) is 48.5 Å². The molecule has 0 aromatic heterocycles. The van der Waals surface area contributed by atoms with Gasteiger partial charge in [0.15, 0.2) is 0 Å². The first-order valence-corrected chi connectivity index (χ1v) is 12.9. The minimum atomic E-state index is -0.480. The monoisotopic (exact) mass is 464 g/mol. The lowest BCUT2D eigenvalue weighted by Crippen LogP contribution is -2.72. The van der Waals surface area contributed by atoms with Crippen LogP contribution in [-0.4, -0.2) is 53.9 Å². The highest BCUT2D eigenvalue weighted by molar-refractivity contribution is 5.61. The number of ether oxygens (including phenoxy) is 1. The molecule has 0 atom stereocenters. The average molecular weight is 465 g/mol. The van der Waals surface area contributed by atoms with E-state index in [1.807, 2.05) is 20.8 Å². The van der Waals surface area contributed by atoms with Crippen molar-refractivity contribution in [2.75, 3.05) is 31.1 Å². The van der Waals surface area contributed by atoms with Gasteiger partial charge < -0.3 is 15.0 Å². The maximum absolute atomic E-state index is 13.8. The van der Waals surface area contributed by atoms with Crippen molar-refractivity contribution in [1.82, 2.24) is 5.32 Å². The highest BCUT2D eigenvalue weighted by Crippen LogP contribution is 2.40. The van der Waals surface area contributed by atoms with Crippen LogP contribution in [0.1, 0.15) is 58.9 Å². The summed E-state index contributed by atoms with van der Waals surface area (Å²) in [4.78, 5) is 16.3. The van der Waals surface area contributed by atoms with Gasteiger partial charge in [-0.05, 0) is 45.4 Å². The number of piperidine rings is 2. The van der Waals surface area contributed by atoms with E-state index in [1.165, 1.54) is 11.3 Å². The number of amides is 1. The number of anilines is 1. The molecule has 2 aromatic carbocycles. The number of carbonyl (C=O) groups is 1. The lowest BCUT2D eigenvalue weighted by atomic mass is 9.83. The fourth-order valence-corrected chi connectivity index (χ4v) is 5.82. The molecule has 0 saturated carbocycles. The Balaban J connectivity index is 1.60. The van der Waals surface area contributed by atoms with Gasteiger partial charge in [0, 0.05) is 57.0 Å². The van der Waals surface area contributed by atoms with Crippen LogP contribution < -0.4 is 10.2 Å². The summed E-state index contributed by atoms with van der Waals surface area (Å²) in [7, 11) is 0. The van der Waals surface area contributed by atoms with E-state index in [0.29, 0.717) is 10.5 Å². The third kappa shape index (κ3) is 5.31. The number of likely N-dealkylation sites (tertiary alicyclic amines) is 1. The number of para-hydroxylation sites is 1. The Bertz CT molecular complexity index is 925. The zero-order valence-electron chi connectivity index (χ0n) is 21.4. The molecule has 4 rings (SSSR count). The van der Waals surface area contributed by atoms with Gasteiger partial charge in [-0.2, -0.15) is 4.79 Å². The smallest absolute Gasteiger partial charge is 0.414 e. The van der Waals surface area contributed by atoms with Gasteiger partial charge in [0.1, 0.15) is 11.1 Å². The van der Waals surface area contributed by atoms with Crippen LogP contribution in [0.5, 0.6) is 0 Å². The lowest BCUT2D eigenvalue weighted by molar-refractivity contribution is -0.914. The molecule has 2 aliphatic rings. The van der Waals surface area contributed by atoms with Crippen LogP contribution in [0, 0.1) is 0 Å². The second-order valence-corrected chi connectivity index (χ2v) is 11.3. The number of nitrogens with zero attached hydrogens (tertiary/aromatic N) is 2. The summed E-state index contributed by atoms with van der Waals surface area (Å²) >= 11 is 0. The van der Waals surface area contributed by atoms with Crippen molar-refractivity contribution in [3.05, 3.63) is 66.2 Å². The van der Waals surface area contributed by atoms with Gasteiger partial charge in [0.05, 0.1) is 13.1 Å². The van der Waals surface area contributed by atoms with Gasteiger partial charge in [-0.15, -0.1) is 0 Å². The first-order chi connectivity index (χ1) is 16.2. The van der Waals surface area contributed by atoms with Gasteiger partial charge in [-0.25, -0.2) is 4.48 Å². The SMILES string of the molecule is CC(C)(C)OC(=O)[N+]1(C2(C)CCNCC2)CCC(N(Cc2ccccc2)c2ccccc2)CC1. The molecule has 5 nitrogen and oxygen atoms in total. The highest BCUT2D eigenvalue weighted by Gasteiger charge is 2.57. The topological polar surface area (TPSA) is 41.6 Å². The maximum atomic E-state index is 13.8. The summed E-state index contributed by atoms with van der Waals surface area (Å²) in [5, 5.41) is 3.49. The summed E-state index contributed by atoms with van der Waals surface area (Å²) in [6.07, 6.45) is 3.92. The van der Waals surface area contributed by atoms with Crippen LogP contribution in [0.2, 0.25) is 0 Å².